The van der Waals surface area contributed by atoms with E-state index in [1.165, 1.54) is 6.33 Å². The van der Waals surface area contributed by atoms with E-state index < -0.39 is 6.03 Å². The summed E-state index contributed by atoms with van der Waals surface area (Å²) in [5, 5.41) is 11.0. The zero-order valence-electron chi connectivity index (χ0n) is 17.7. The van der Waals surface area contributed by atoms with Crippen molar-refractivity contribution in [2.24, 2.45) is 0 Å². The molecule has 0 bridgehead atoms. The number of anilines is 2. The molecule has 2 aromatic carbocycles. The normalized spacial score (nSPS) is 10.7. The van der Waals surface area contributed by atoms with E-state index in [4.69, 9.17) is 16.3 Å². The van der Waals surface area contributed by atoms with Gasteiger partial charge in [-0.3, -0.25) is 10.3 Å². The standard InChI is InChI=1S/C24H18ClN7O2/c25-20-6-1-2-7-21(20)32-23-19(13-29-32)22(27-15-28-23)31-24(33)30-16-8-10-18(11-9-16)34-14-17-5-3-4-12-26-17/h1-13,15H,14H2,(H2,27,28,30,31,33). The van der Waals surface area contributed by atoms with Crippen molar-refractivity contribution >= 4 is 40.2 Å². The second kappa shape index (κ2) is 9.55. The average molecular weight is 472 g/mol. The molecule has 0 unspecified atom stereocenters. The fourth-order valence-corrected chi connectivity index (χ4v) is 3.50. The van der Waals surface area contributed by atoms with Crippen LogP contribution in [0.1, 0.15) is 5.69 Å². The first kappa shape index (κ1) is 21.4. The molecule has 0 radical (unpaired) electrons. The van der Waals surface area contributed by atoms with E-state index in [0.717, 1.165) is 5.69 Å². The summed E-state index contributed by atoms with van der Waals surface area (Å²) in [6.07, 6.45) is 4.67. The Balaban J connectivity index is 1.26. The zero-order chi connectivity index (χ0) is 23.3. The van der Waals surface area contributed by atoms with Crippen LogP contribution in [0, 0.1) is 0 Å². The summed E-state index contributed by atoms with van der Waals surface area (Å²) in [6.45, 7) is 0.361. The summed E-state index contributed by atoms with van der Waals surface area (Å²) in [5.41, 5.74) is 2.63. The van der Waals surface area contributed by atoms with Crippen LogP contribution in [0.25, 0.3) is 16.7 Å². The van der Waals surface area contributed by atoms with Gasteiger partial charge in [0.25, 0.3) is 0 Å². The van der Waals surface area contributed by atoms with E-state index in [1.54, 1.807) is 47.4 Å². The molecule has 0 saturated carbocycles. The summed E-state index contributed by atoms with van der Waals surface area (Å²) in [7, 11) is 0. The summed E-state index contributed by atoms with van der Waals surface area (Å²) in [5.74, 6) is 0.997. The maximum Gasteiger partial charge on any atom is 0.324 e. The topological polar surface area (TPSA) is 107 Å². The van der Waals surface area contributed by atoms with Gasteiger partial charge in [-0.05, 0) is 48.5 Å². The summed E-state index contributed by atoms with van der Waals surface area (Å²) >= 11 is 6.30. The number of carbonyl (C=O) groups is 1. The van der Waals surface area contributed by atoms with Crippen molar-refractivity contribution < 1.29 is 9.53 Å². The van der Waals surface area contributed by atoms with Crippen molar-refractivity contribution in [2.45, 2.75) is 6.61 Å². The van der Waals surface area contributed by atoms with Crippen LogP contribution in [0.3, 0.4) is 0 Å². The maximum absolute atomic E-state index is 12.6. The first-order valence-corrected chi connectivity index (χ1v) is 10.7. The van der Waals surface area contributed by atoms with E-state index in [1.807, 2.05) is 36.4 Å². The van der Waals surface area contributed by atoms with E-state index >= 15 is 0 Å². The highest BCUT2D eigenvalue weighted by atomic mass is 35.5. The predicted octanol–water partition coefficient (Wildman–Crippen LogP) is 5.09. The zero-order valence-corrected chi connectivity index (χ0v) is 18.5. The molecule has 0 atom stereocenters. The molecular weight excluding hydrogens is 454 g/mol. The van der Waals surface area contributed by atoms with E-state index in [0.29, 0.717) is 45.6 Å². The number of aromatic nitrogens is 5. The molecule has 0 spiro atoms. The number of hydrogen-bond acceptors (Lipinski definition) is 6. The molecule has 0 saturated heterocycles. The highest BCUT2D eigenvalue weighted by molar-refractivity contribution is 6.32. The molecule has 9 nitrogen and oxygen atoms in total. The monoisotopic (exact) mass is 471 g/mol. The van der Waals surface area contributed by atoms with Crippen LogP contribution in [-0.4, -0.2) is 30.8 Å². The number of amides is 2. The third kappa shape index (κ3) is 4.64. The molecule has 2 amide bonds. The van der Waals surface area contributed by atoms with Gasteiger partial charge in [0, 0.05) is 11.9 Å². The highest BCUT2D eigenvalue weighted by Gasteiger charge is 2.14. The minimum Gasteiger partial charge on any atom is -0.487 e. The Morgan fingerprint density at radius 1 is 0.941 bits per heavy atom. The fourth-order valence-electron chi connectivity index (χ4n) is 3.29. The van der Waals surface area contributed by atoms with Crippen molar-refractivity contribution in [3.05, 3.63) is 96.2 Å². The first-order chi connectivity index (χ1) is 16.7. The van der Waals surface area contributed by atoms with Gasteiger partial charge >= 0.3 is 6.03 Å². The number of ether oxygens (including phenoxy) is 1. The van der Waals surface area contributed by atoms with E-state index in [9.17, 15) is 4.79 Å². The number of carbonyl (C=O) groups excluding carboxylic acids is 1. The van der Waals surface area contributed by atoms with Gasteiger partial charge in [-0.1, -0.05) is 29.8 Å². The molecule has 3 aromatic heterocycles. The smallest absolute Gasteiger partial charge is 0.324 e. The Labute approximate surface area is 199 Å². The van der Waals surface area contributed by atoms with Crippen molar-refractivity contribution in [1.82, 2.24) is 24.7 Å². The van der Waals surface area contributed by atoms with Gasteiger partial charge < -0.3 is 10.1 Å². The van der Waals surface area contributed by atoms with Gasteiger partial charge in [-0.15, -0.1) is 0 Å². The van der Waals surface area contributed by atoms with Gasteiger partial charge in [-0.2, -0.15) is 5.10 Å². The number of para-hydroxylation sites is 1. The minimum absolute atomic E-state index is 0.330. The van der Waals surface area contributed by atoms with Gasteiger partial charge in [-0.25, -0.2) is 19.4 Å². The molecule has 0 fully saturated rings. The van der Waals surface area contributed by atoms with Crippen LogP contribution in [0.5, 0.6) is 5.75 Å². The third-order valence-electron chi connectivity index (χ3n) is 4.90. The Bertz CT molecular complexity index is 1440. The molecule has 10 heteroatoms. The lowest BCUT2D eigenvalue weighted by atomic mass is 10.3. The molecule has 0 aliphatic rings. The minimum atomic E-state index is -0.451. The largest absolute Gasteiger partial charge is 0.487 e. The Morgan fingerprint density at radius 2 is 1.76 bits per heavy atom. The van der Waals surface area contributed by atoms with Crippen LogP contribution >= 0.6 is 11.6 Å². The van der Waals surface area contributed by atoms with Gasteiger partial charge in [0.1, 0.15) is 24.5 Å². The predicted molar refractivity (Wildman–Crippen MR) is 129 cm³/mol. The average Bonchev–Trinajstić information content (AvgIpc) is 3.29. The molecule has 3 heterocycles. The fraction of sp³-hybridized carbons (Fsp3) is 0.0417. The number of hydrogen-bond donors (Lipinski definition) is 2. The number of urea groups is 1. The van der Waals surface area contributed by atoms with Gasteiger partial charge in [0.2, 0.25) is 0 Å². The first-order valence-electron chi connectivity index (χ1n) is 10.3. The molecule has 5 aromatic rings. The summed E-state index contributed by atoms with van der Waals surface area (Å²) in [6, 6.07) is 19.5. The SMILES string of the molecule is O=C(Nc1ccc(OCc2ccccn2)cc1)Nc1ncnc2c1cnn2-c1ccccc1Cl. The maximum atomic E-state index is 12.6. The molecule has 2 N–H and O–H groups in total. The van der Waals surface area contributed by atoms with Crippen molar-refractivity contribution in [3.63, 3.8) is 0 Å². The van der Waals surface area contributed by atoms with Crippen LogP contribution in [0.2, 0.25) is 5.02 Å². The van der Waals surface area contributed by atoms with Gasteiger partial charge in [0.05, 0.1) is 28.0 Å². The van der Waals surface area contributed by atoms with Crippen LogP contribution in [0.4, 0.5) is 16.3 Å². The molecule has 168 valence electrons. The Hall–Kier alpha value is -4.50. The number of fused-ring (bicyclic) bond motifs is 1. The number of rotatable bonds is 6. The second-order valence-electron chi connectivity index (χ2n) is 7.18. The summed E-state index contributed by atoms with van der Waals surface area (Å²) in [4.78, 5) is 25.3. The van der Waals surface area contributed by atoms with Crippen LogP contribution in [-0.2, 0) is 6.61 Å². The van der Waals surface area contributed by atoms with E-state index in [-0.39, 0.29) is 0 Å². The van der Waals surface area contributed by atoms with Crippen LogP contribution < -0.4 is 15.4 Å². The van der Waals surface area contributed by atoms with E-state index in [2.05, 4.69) is 30.7 Å². The number of nitrogens with zero attached hydrogens (tertiary/aromatic N) is 5. The molecular formula is C24H18ClN7O2. The second-order valence-corrected chi connectivity index (χ2v) is 7.59. The summed E-state index contributed by atoms with van der Waals surface area (Å²) < 4.78 is 7.32. The Morgan fingerprint density at radius 3 is 2.56 bits per heavy atom. The lowest BCUT2D eigenvalue weighted by molar-refractivity contribution is 0.262. The van der Waals surface area contributed by atoms with Crippen molar-refractivity contribution in [1.29, 1.82) is 0 Å². The highest BCUT2D eigenvalue weighted by Crippen LogP contribution is 2.26. The van der Waals surface area contributed by atoms with Crippen molar-refractivity contribution in [3.8, 4) is 11.4 Å². The molecule has 0 aliphatic carbocycles. The quantitative estimate of drug-likeness (QED) is 0.357. The lowest BCUT2D eigenvalue weighted by Crippen LogP contribution is -2.20. The number of pyridine rings is 1. The molecule has 5 rings (SSSR count). The number of nitrogens with one attached hydrogen (secondary N) is 2. The lowest BCUT2D eigenvalue weighted by Gasteiger charge is -2.09. The Kier molecular flexibility index (Phi) is 6.00. The van der Waals surface area contributed by atoms with Crippen LogP contribution in [0.15, 0.2) is 85.5 Å². The third-order valence-corrected chi connectivity index (χ3v) is 5.22. The molecule has 34 heavy (non-hydrogen) atoms. The van der Waals surface area contributed by atoms with Gasteiger partial charge in [0.15, 0.2) is 5.65 Å². The van der Waals surface area contributed by atoms with Crippen molar-refractivity contribution in [2.75, 3.05) is 10.6 Å². The number of benzene rings is 2. The molecule has 0 aliphatic heterocycles. The number of halogens is 1.